The van der Waals surface area contributed by atoms with E-state index in [2.05, 4.69) is 4.98 Å². The fourth-order valence-corrected chi connectivity index (χ4v) is 4.44. The van der Waals surface area contributed by atoms with Gasteiger partial charge in [0.2, 0.25) is 0 Å². The second-order valence-corrected chi connectivity index (χ2v) is 8.10. The Morgan fingerprint density at radius 1 is 1.11 bits per heavy atom. The van der Waals surface area contributed by atoms with Crippen LogP contribution < -0.4 is 4.74 Å². The molecule has 0 aliphatic heterocycles. The molecule has 1 saturated carbocycles. The number of rotatable bonds is 5. The van der Waals surface area contributed by atoms with Gasteiger partial charge in [-0.1, -0.05) is 29.6 Å². The van der Waals surface area contributed by atoms with Crippen molar-refractivity contribution in [3.05, 3.63) is 52.0 Å². The Bertz CT molecular complexity index is 1020. The molecule has 1 aliphatic carbocycles. The number of halogens is 2. The minimum Gasteiger partial charge on any atom is -0.490 e. The van der Waals surface area contributed by atoms with Crippen LogP contribution in [-0.2, 0) is 11.2 Å². The molecule has 1 heterocycles. The highest BCUT2D eigenvalue weighted by Gasteiger charge is 2.20. The van der Waals surface area contributed by atoms with Gasteiger partial charge in [-0.05, 0) is 67.6 Å². The van der Waals surface area contributed by atoms with Crippen molar-refractivity contribution >= 4 is 40.1 Å². The van der Waals surface area contributed by atoms with Crippen LogP contribution in [0.5, 0.6) is 5.75 Å². The molecule has 4 nitrogen and oxygen atoms in total. The van der Waals surface area contributed by atoms with E-state index in [1.807, 2.05) is 18.2 Å². The van der Waals surface area contributed by atoms with Crippen LogP contribution in [0, 0.1) is 0 Å². The summed E-state index contributed by atoms with van der Waals surface area (Å²) in [6, 6.07) is 11.0. The monoisotopic (exact) mass is 417 g/mol. The summed E-state index contributed by atoms with van der Waals surface area (Å²) >= 11 is 12.4. The van der Waals surface area contributed by atoms with Crippen molar-refractivity contribution in [1.29, 1.82) is 0 Å². The number of aromatic amines is 1. The average Bonchev–Trinajstić information content (AvgIpc) is 3.00. The molecule has 28 heavy (non-hydrogen) atoms. The standard InChI is InChI=1S/C22H21Cl2NO3/c23-13-6-8-16(19(24)10-13)22-18(12-21(26)27)17-11-15(7-9-20(17)25-22)28-14-4-2-1-3-5-14/h6-11,14,25H,1-5,12H2,(H,26,27). The maximum Gasteiger partial charge on any atom is 0.307 e. The molecule has 0 unspecified atom stereocenters. The van der Waals surface area contributed by atoms with Gasteiger partial charge in [0.1, 0.15) is 5.75 Å². The van der Waals surface area contributed by atoms with Crippen LogP contribution in [0.3, 0.4) is 0 Å². The van der Waals surface area contributed by atoms with E-state index in [1.165, 1.54) is 19.3 Å². The predicted octanol–water partition coefficient (Wildman–Crippen LogP) is 6.48. The number of hydrogen-bond acceptors (Lipinski definition) is 2. The summed E-state index contributed by atoms with van der Waals surface area (Å²) in [5.41, 5.74) is 2.98. The first-order valence-corrected chi connectivity index (χ1v) is 10.3. The number of hydrogen-bond donors (Lipinski definition) is 2. The predicted molar refractivity (Wildman–Crippen MR) is 113 cm³/mol. The molecule has 0 amide bonds. The smallest absolute Gasteiger partial charge is 0.307 e. The van der Waals surface area contributed by atoms with Gasteiger partial charge in [0.05, 0.1) is 23.2 Å². The molecule has 1 fully saturated rings. The molecule has 3 aromatic rings. The molecule has 0 radical (unpaired) electrons. The quantitative estimate of drug-likeness (QED) is 0.499. The van der Waals surface area contributed by atoms with Crippen molar-refractivity contribution in [3.8, 4) is 17.0 Å². The Labute approximate surface area is 173 Å². The number of aliphatic carboxylic acids is 1. The highest BCUT2D eigenvalue weighted by molar-refractivity contribution is 6.36. The molecule has 146 valence electrons. The number of fused-ring (bicyclic) bond motifs is 1. The van der Waals surface area contributed by atoms with Gasteiger partial charge in [0.25, 0.3) is 0 Å². The number of aromatic nitrogens is 1. The van der Waals surface area contributed by atoms with Gasteiger partial charge >= 0.3 is 5.97 Å². The first-order valence-electron chi connectivity index (χ1n) is 9.50. The minimum atomic E-state index is -0.897. The van der Waals surface area contributed by atoms with Gasteiger partial charge in [0, 0.05) is 21.5 Å². The maximum absolute atomic E-state index is 11.5. The number of benzene rings is 2. The van der Waals surface area contributed by atoms with E-state index >= 15 is 0 Å². The average molecular weight is 418 g/mol. The fourth-order valence-electron chi connectivity index (χ4n) is 3.93. The third kappa shape index (κ3) is 3.98. The number of nitrogens with one attached hydrogen (secondary N) is 1. The first-order chi connectivity index (χ1) is 13.5. The fraction of sp³-hybridized carbons (Fsp3) is 0.318. The highest BCUT2D eigenvalue weighted by atomic mass is 35.5. The van der Waals surface area contributed by atoms with Crippen LogP contribution in [0.4, 0.5) is 0 Å². The number of H-pyrrole nitrogens is 1. The third-order valence-electron chi connectivity index (χ3n) is 5.26. The summed E-state index contributed by atoms with van der Waals surface area (Å²) in [5.74, 6) is -0.121. The zero-order valence-corrected chi connectivity index (χ0v) is 16.8. The molecule has 2 N–H and O–H groups in total. The van der Waals surface area contributed by atoms with Crippen molar-refractivity contribution in [2.24, 2.45) is 0 Å². The zero-order valence-electron chi connectivity index (χ0n) is 15.3. The summed E-state index contributed by atoms with van der Waals surface area (Å²) in [7, 11) is 0. The van der Waals surface area contributed by atoms with Gasteiger partial charge in [-0.3, -0.25) is 4.79 Å². The molecule has 0 spiro atoms. The Balaban J connectivity index is 1.78. The Hall–Kier alpha value is -2.17. The van der Waals surface area contributed by atoms with Crippen molar-refractivity contribution in [2.45, 2.75) is 44.6 Å². The van der Waals surface area contributed by atoms with E-state index < -0.39 is 5.97 Å². The van der Waals surface area contributed by atoms with Gasteiger partial charge in [-0.15, -0.1) is 0 Å². The minimum absolute atomic E-state index is 0.110. The molecule has 0 bridgehead atoms. The first kappa shape index (κ1) is 19.2. The van der Waals surface area contributed by atoms with Gasteiger partial charge in [-0.25, -0.2) is 0 Å². The second-order valence-electron chi connectivity index (χ2n) is 7.26. The van der Waals surface area contributed by atoms with E-state index in [4.69, 9.17) is 27.9 Å². The third-order valence-corrected chi connectivity index (χ3v) is 5.81. The Morgan fingerprint density at radius 3 is 2.61 bits per heavy atom. The summed E-state index contributed by atoms with van der Waals surface area (Å²) in [5, 5.41) is 11.3. The van der Waals surface area contributed by atoms with Crippen LogP contribution in [0.25, 0.3) is 22.2 Å². The van der Waals surface area contributed by atoms with E-state index in [9.17, 15) is 9.90 Å². The zero-order chi connectivity index (χ0) is 19.7. The van der Waals surface area contributed by atoms with Crippen LogP contribution in [0.15, 0.2) is 36.4 Å². The normalized spacial score (nSPS) is 15.1. The SMILES string of the molecule is O=C(O)Cc1c(-c2ccc(Cl)cc2Cl)[nH]c2ccc(OC3CCCCC3)cc12. The molecule has 0 saturated heterocycles. The molecule has 6 heteroatoms. The number of ether oxygens (including phenoxy) is 1. The molecule has 0 atom stereocenters. The van der Waals surface area contributed by atoms with Crippen molar-refractivity contribution in [3.63, 3.8) is 0 Å². The van der Waals surface area contributed by atoms with Crippen molar-refractivity contribution < 1.29 is 14.6 Å². The highest BCUT2D eigenvalue weighted by Crippen LogP contribution is 2.37. The van der Waals surface area contributed by atoms with E-state index in [0.717, 1.165) is 35.1 Å². The number of carboxylic acids is 1. The van der Waals surface area contributed by atoms with Crippen LogP contribution >= 0.6 is 23.2 Å². The molecule has 1 aliphatic rings. The Kier molecular flexibility index (Phi) is 5.51. The van der Waals surface area contributed by atoms with Gasteiger partial charge in [0.15, 0.2) is 0 Å². The van der Waals surface area contributed by atoms with Crippen LogP contribution in [-0.4, -0.2) is 22.2 Å². The second kappa shape index (κ2) is 8.06. The lowest BCUT2D eigenvalue weighted by Crippen LogP contribution is -2.19. The maximum atomic E-state index is 11.5. The lowest BCUT2D eigenvalue weighted by atomic mass is 9.98. The van der Waals surface area contributed by atoms with Crippen molar-refractivity contribution in [1.82, 2.24) is 4.98 Å². The summed E-state index contributed by atoms with van der Waals surface area (Å²) in [4.78, 5) is 14.9. The van der Waals surface area contributed by atoms with Gasteiger partial charge in [-0.2, -0.15) is 0 Å². The van der Waals surface area contributed by atoms with Crippen LogP contribution in [0.2, 0.25) is 10.0 Å². The lowest BCUT2D eigenvalue weighted by molar-refractivity contribution is -0.136. The van der Waals surface area contributed by atoms with Crippen molar-refractivity contribution in [2.75, 3.05) is 0 Å². The largest absolute Gasteiger partial charge is 0.490 e. The topological polar surface area (TPSA) is 62.3 Å². The Morgan fingerprint density at radius 2 is 1.89 bits per heavy atom. The van der Waals surface area contributed by atoms with E-state index in [-0.39, 0.29) is 12.5 Å². The lowest BCUT2D eigenvalue weighted by Gasteiger charge is -2.23. The summed E-state index contributed by atoms with van der Waals surface area (Å²) in [6.45, 7) is 0. The van der Waals surface area contributed by atoms with E-state index in [1.54, 1.807) is 18.2 Å². The molecule has 4 rings (SSSR count). The summed E-state index contributed by atoms with van der Waals surface area (Å²) in [6.07, 6.45) is 5.92. The molecular weight excluding hydrogens is 397 g/mol. The van der Waals surface area contributed by atoms with Gasteiger partial charge < -0.3 is 14.8 Å². The number of carbonyl (C=O) groups is 1. The molecule has 2 aromatic carbocycles. The molecule has 1 aromatic heterocycles. The van der Waals surface area contributed by atoms with Crippen LogP contribution in [0.1, 0.15) is 37.7 Å². The molecular formula is C22H21Cl2NO3. The number of carboxylic acid groups (broad SMARTS) is 1. The summed E-state index contributed by atoms with van der Waals surface area (Å²) < 4.78 is 6.17. The van der Waals surface area contributed by atoms with E-state index in [0.29, 0.717) is 21.3 Å².